The van der Waals surface area contributed by atoms with Gasteiger partial charge in [-0.2, -0.15) is 27.1 Å². The molecule has 0 bridgehead atoms. The van der Waals surface area contributed by atoms with E-state index in [1.165, 1.54) is 0 Å². The third-order valence-corrected chi connectivity index (χ3v) is 7.20. The van der Waals surface area contributed by atoms with Gasteiger partial charge < -0.3 is 10.8 Å². The second-order valence-corrected chi connectivity index (χ2v) is 11.1. The standard InChI is InChI=1S/C24H21N5O7S2/c1-13-3-7-16(8-4-13)26-28-22-18(37(31,32)33)11-15-12-19(38(34,35)36)23(24(30)20(15)21(22)25)29-27-17-9-5-14(2)6-10-17/h3-12,30H,25H2,1-2H3,(H,31,32,33)(H,34,35,36). The predicted molar refractivity (Wildman–Crippen MR) is 140 cm³/mol. The van der Waals surface area contributed by atoms with E-state index in [1.807, 2.05) is 13.8 Å². The van der Waals surface area contributed by atoms with E-state index in [2.05, 4.69) is 20.5 Å². The molecule has 12 nitrogen and oxygen atoms in total. The van der Waals surface area contributed by atoms with Gasteiger partial charge in [0.15, 0.2) is 5.75 Å². The third kappa shape index (κ3) is 5.52. The number of fused-ring (bicyclic) bond motifs is 1. The van der Waals surface area contributed by atoms with Gasteiger partial charge in [-0.15, -0.1) is 10.2 Å². The Kier molecular flexibility index (Phi) is 6.99. The Morgan fingerprint density at radius 1 is 0.658 bits per heavy atom. The Morgan fingerprint density at radius 2 is 1.05 bits per heavy atom. The molecular weight excluding hydrogens is 534 g/mol. The number of azo groups is 2. The molecular formula is C24H21N5O7S2. The van der Waals surface area contributed by atoms with E-state index in [4.69, 9.17) is 5.73 Å². The number of hydrogen-bond donors (Lipinski definition) is 4. The summed E-state index contributed by atoms with van der Waals surface area (Å²) in [6, 6.07) is 15.1. The maximum atomic E-state index is 12.2. The number of nitrogen functional groups attached to an aromatic ring is 1. The molecule has 196 valence electrons. The molecule has 0 unspecified atom stereocenters. The summed E-state index contributed by atoms with van der Waals surface area (Å²) in [5, 5.41) is 26.1. The highest BCUT2D eigenvalue weighted by Crippen LogP contribution is 2.48. The van der Waals surface area contributed by atoms with Gasteiger partial charge in [-0.1, -0.05) is 35.4 Å². The molecule has 0 spiro atoms. The smallest absolute Gasteiger partial charge is 0.296 e. The Morgan fingerprint density at radius 3 is 1.47 bits per heavy atom. The quantitative estimate of drug-likeness (QED) is 0.124. The number of phenols is 1. The first-order valence-corrected chi connectivity index (χ1v) is 13.7. The van der Waals surface area contributed by atoms with Gasteiger partial charge in [0.05, 0.1) is 22.4 Å². The van der Waals surface area contributed by atoms with Crippen molar-refractivity contribution in [2.75, 3.05) is 5.73 Å². The van der Waals surface area contributed by atoms with Gasteiger partial charge in [0.2, 0.25) is 0 Å². The normalized spacial score (nSPS) is 12.6. The molecule has 4 aromatic carbocycles. The topological polar surface area (TPSA) is 204 Å². The zero-order valence-corrected chi connectivity index (χ0v) is 21.6. The van der Waals surface area contributed by atoms with Crippen LogP contribution in [0.4, 0.5) is 28.4 Å². The van der Waals surface area contributed by atoms with Crippen LogP contribution in [-0.2, 0) is 20.2 Å². The SMILES string of the molecule is Cc1ccc(N=Nc2c(S(=O)(=O)O)cc3cc(S(=O)(=O)O)c(N=Nc4ccc(C)cc4)c(O)c3c2N)cc1. The number of nitrogens with two attached hydrogens (primary N) is 1. The molecule has 0 amide bonds. The van der Waals surface area contributed by atoms with E-state index in [0.717, 1.165) is 23.3 Å². The first-order chi connectivity index (χ1) is 17.8. The lowest BCUT2D eigenvalue weighted by atomic mass is 10.1. The Labute approximate surface area is 217 Å². The van der Waals surface area contributed by atoms with Gasteiger partial charge in [-0.25, -0.2) is 0 Å². The summed E-state index contributed by atoms with van der Waals surface area (Å²) in [5.74, 6) is -0.822. The lowest BCUT2D eigenvalue weighted by Gasteiger charge is -2.14. The predicted octanol–water partition coefficient (Wildman–Crippen LogP) is 6.07. The third-order valence-electron chi connectivity index (χ3n) is 5.47. The fourth-order valence-electron chi connectivity index (χ4n) is 3.54. The minimum absolute atomic E-state index is 0.246. The fourth-order valence-corrected chi connectivity index (χ4v) is 4.87. The van der Waals surface area contributed by atoms with Gasteiger partial charge in [-0.05, 0) is 55.6 Å². The summed E-state index contributed by atoms with van der Waals surface area (Å²) in [4.78, 5) is -1.67. The number of benzene rings is 4. The van der Waals surface area contributed by atoms with Crippen LogP contribution < -0.4 is 5.73 Å². The van der Waals surface area contributed by atoms with Crippen LogP contribution in [-0.4, -0.2) is 31.0 Å². The van der Waals surface area contributed by atoms with E-state index < -0.39 is 52.8 Å². The van der Waals surface area contributed by atoms with Crippen molar-refractivity contribution in [3.05, 3.63) is 71.8 Å². The molecule has 0 aliphatic carbocycles. The molecule has 5 N–H and O–H groups in total. The maximum Gasteiger partial charge on any atom is 0.296 e. The van der Waals surface area contributed by atoms with Crippen molar-refractivity contribution < 1.29 is 31.0 Å². The van der Waals surface area contributed by atoms with Crippen molar-refractivity contribution in [1.82, 2.24) is 0 Å². The number of hydrogen-bond acceptors (Lipinski definition) is 10. The number of aromatic hydroxyl groups is 1. The number of phenolic OH excluding ortho intramolecular Hbond substituents is 1. The summed E-state index contributed by atoms with van der Waals surface area (Å²) < 4.78 is 68.2. The van der Waals surface area contributed by atoms with Crippen LogP contribution in [0.2, 0.25) is 0 Å². The summed E-state index contributed by atoms with van der Waals surface area (Å²) in [6.45, 7) is 3.71. The molecule has 0 saturated heterocycles. The van der Waals surface area contributed by atoms with Crippen LogP contribution in [0.1, 0.15) is 11.1 Å². The van der Waals surface area contributed by atoms with Crippen molar-refractivity contribution in [3.8, 4) is 5.75 Å². The molecule has 0 saturated carbocycles. The van der Waals surface area contributed by atoms with Crippen molar-refractivity contribution in [1.29, 1.82) is 0 Å². The summed E-state index contributed by atoms with van der Waals surface area (Å²) in [5.41, 5.74) is 7.13. The average Bonchev–Trinajstić information content (AvgIpc) is 2.83. The lowest BCUT2D eigenvalue weighted by molar-refractivity contribution is 0.472. The average molecular weight is 556 g/mol. The van der Waals surface area contributed by atoms with E-state index in [1.54, 1.807) is 48.5 Å². The Hall–Kier alpha value is -4.24. The van der Waals surface area contributed by atoms with Gasteiger partial charge in [0.1, 0.15) is 21.2 Å². The van der Waals surface area contributed by atoms with Crippen LogP contribution in [0, 0.1) is 13.8 Å². The molecule has 0 radical (unpaired) electrons. The zero-order chi connectivity index (χ0) is 27.8. The molecule has 0 heterocycles. The summed E-state index contributed by atoms with van der Waals surface area (Å²) >= 11 is 0. The van der Waals surface area contributed by atoms with Crippen LogP contribution in [0.5, 0.6) is 5.75 Å². The molecule has 0 aromatic heterocycles. The minimum Gasteiger partial charge on any atom is -0.505 e. The number of rotatable bonds is 6. The zero-order valence-electron chi connectivity index (χ0n) is 19.9. The van der Waals surface area contributed by atoms with E-state index in [-0.39, 0.29) is 10.8 Å². The molecule has 0 fully saturated rings. The molecule has 4 rings (SSSR count). The van der Waals surface area contributed by atoms with Gasteiger partial charge >= 0.3 is 0 Å². The van der Waals surface area contributed by atoms with Crippen LogP contribution in [0.15, 0.2) is 90.9 Å². The fraction of sp³-hybridized carbons (Fsp3) is 0.0833. The van der Waals surface area contributed by atoms with Crippen LogP contribution in [0.3, 0.4) is 0 Å². The molecule has 0 aliphatic heterocycles. The second kappa shape index (κ2) is 9.90. The lowest BCUT2D eigenvalue weighted by Crippen LogP contribution is -2.03. The van der Waals surface area contributed by atoms with Crippen molar-refractivity contribution >= 4 is 59.4 Å². The highest BCUT2D eigenvalue weighted by atomic mass is 32.2. The molecule has 38 heavy (non-hydrogen) atoms. The van der Waals surface area contributed by atoms with Crippen molar-refractivity contribution in [2.24, 2.45) is 20.5 Å². The largest absolute Gasteiger partial charge is 0.505 e. The Bertz CT molecular complexity index is 1700. The van der Waals surface area contributed by atoms with Crippen molar-refractivity contribution in [3.63, 3.8) is 0 Å². The number of nitrogens with zero attached hydrogens (tertiary/aromatic N) is 4. The highest BCUT2D eigenvalue weighted by molar-refractivity contribution is 7.86. The summed E-state index contributed by atoms with van der Waals surface area (Å²) in [7, 11) is -9.94. The first-order valence-electron chi connectivity index (χ1n) is 10.8. The van der Waals surface area contributed by atoms with E-state index in [9.17, 15) is 31.0 Å². The highest BCUT2D eigenvalue weighted by Gasteiger charge is 2.28. The van der Waals surface area contributed by atoms with E-state index >= 15 is 0 Å². The number of aryl methyl sites for hydroxylation is 2. The monoisotopic (exact) mass is 555 g/mol. The van der Waals surface area contributed by atoms with Gasteiger partial charge in [0.25, 0.3) is 20.2 Å². The molecule has 4 aromatic rings. The van der Waals surface area contributed by atoms with Crippen LogP contribution in [0.25, 0.3) is 10.8 Å². The van der Waals surface area contributed by atoms with Gasteiger partial charge in [-0.3, -0.25) is 9.11 Å². The van der Waals surface area contributed by atoms with Crippen LogP contribution >= 0.6 is 0 Å². The van der Waals surface area contributed by atoms with Crippen molar-refractivity contribution in [2.45, 2.75) is 23.6 Å². The molecule has 14 heteroatoms. The molecule has 0 atom stereocenters. The Balaban J connectivity index is 2.01. The minimum atomic E-state index is -4.99. The maximum absolute atomic E-state index is 12.2. The second-order valence-electron chi connectivity index (χ2n) is 8.33. The van der Waals surface area contributed by atoms with E-state index in [0.29, 0.717) is 11.4 Å². The summed E-state index contributed by atoms with van der Waals surface area (Å²) in [6.07, 6.45) is 0. The number of anilines is 1. The molecule has 0 aliphatic rings. The first kappa shape index (κ1) is 26.8. The van der Waals surface area contributed by atoms with Gasteiger partial charge in [0, 0.05) is 0 Å².